The minimum Gasteiger partial charge on any atom is -0.337 e. The van der Waals surface area contributed by atoms with E-state index in [-0.39, 0.29) is 21.1 Å². The molecule has 0 aliphatic heterocycles. The first-order valence-corrected chi connectivity index (χ1v) is 7.61. The molecule has 104 valence electrons. The number of hydrogen-bond acceptors (Lipinski definition) is 4. The molecule has 2 aromatic rings. The van der Waals surface area contributed by atoms with Crippen LogP contribution < -0.4 is 5.56 Å². The van der Waals surface area contributed by atoms with Crippen molar-refractivity contribution in [3.05, 3.63) is 64.3 Å². The van der Waals surface area contributed by atoms with Gasteiger partial charge in [0.1, 0.15) is 0 Å². The Labute approximate surface area is 121 Å². The number of H-pyrrole nitrogens is 1. The van der Waals surface area contributed by atoms with E-state index in [0.29, 0.717) is 0 Å². The molecular formula is C13H12N2O3S2. The van der Waals surface area contributed by atoms with Gasteiger partial charge in [-0.1, -0.05) is 24.3 Å². The number of rotatable bonds is 4. The van der Waals surface area contributed by atoms with Gasteiger partial charge in [-0.25, -0.2) is 8.42 Å². The second kappa shape index (κ2) is 5.56. The average Bonchev–Trinajstić information content (AvgIpc) is 2.44. The van der Waals surface area contributed by atoms with Gasteiger partial charge in [0.05, 0.1) is 4.90 Å². The number of nitrogens with zero attached hydrogens (tertiary/aromatic N) is 1. The van der Waals surface area contributed by atoms with Gasteiger partial charge in [-0.2, -0.15) is 0 Å². The molecule has 0 aliphatic rings. The Morgan fingerprint density at radius 1 is 1.30 bits per heavy atom. The summed E-state index contributed by atoms with van der Waals surface area (Å²) in [5.74, 6) is 0. The van der Waals surface area contributed by atoms with Crippen LogP contribution in [-0.4, -0.2) is 18.0 Å². The first-order chi connectivity index (χ1) is 9.48. The highest BCUT2D eigenvalue weighted by molar-refractivity contribution is 7.91. The predicted molar refractivity (Wildman–Crippen MR) is 78.0 cm³/mol. The lowest BCUT2D eigenvalue weighted by Gasteiger charge is -2.07. The van der Waals surface area contributed by atoms with Gasteiger partial charge in [0, 0.05) is 12.7 Å². The van der Waals surface area contributed by atoms with Crippen molar-refractivity contribution in [2.75, 3.05) is 0 Å². The van der Waals surface area contributed by atoms with E-state index in [4.69, 9.17) is 12.2 Å². The van der Waals surface area contributed by atoms with Crippen molar-refractivity contribution in [3.63, 3.8) is 0 Å². The minimum atomic E-state index is -3.87. The van der Waals surface area contributed by atoms with E-state index < -0.39 is 15.4 Å². The van der Waals surface area contributed by atoms with Crippen LogP contribution in [0.5, 0.6) is 0 Å². The Morgan fingerprint density at radius 2 is 1.95 bits per heavy atom. The fourth-order valence-electron chi connectivity index (χ4n) is 1.71. The molecule has 0 saturated carbocycles. The van der Waals surface area contributed by atoms with Crippen LogP contribution in [0.25, 0.3) is 0 Å². The lowest BCUT2D eigenvalue weighted by atomic mass is 10.4. The molecule has 0 amide bonds. The number of allylic oxidation sites excluding steroid dienone is 1. The third kappa shape index (κ3) is 2.50. The summed E-state index contributed by atoms with van der Waals surface area (Å²) >= 11 is 4.97. The van der Waals surface area contributed by atoms with Gasteiger partial charge in [-0.15, -0.1) is 6.58 Å². The molecule has 2 rings (SSSR count). The van der Waals surface area contributed by atoms with Gasteiger partial charge < -0.3 is 4.98 Å². The number of sulfone groups is 1. The third-order valence-corrected chi connectivity index (χ3v) is 4.79. The van der Waals surface area contributed by atoms with E-state index >= 15 is 0 Å². The Bertz CT molecular complexity index is 849. The molecule has 0 spiro atoms. The summed E-state index contributed by atoms with van der Waals surface area (Å²) < 4.78 is 26.2. The molecule has 20 heavy (non-hydrogen) atoms. The van der Waals surface area contributed by atoms with Crippen LogP contribution in [0.15, 0.2) is 63.8 Å². The zero-order chi connectivity index (χ0) is 14.8. The van der Waals surface area contributed by atoms with Gasteiger partial charge in [0.2, 0.25) is 9.84 Å². The van der Waals surface area contributed by atoms with Crippen LogP contribution in [0.1, 0.15) is 0 Å². The molecule has 5 nitrogen and oxygen atoms in total. The molecular weight excluding hydrogens is 296 g/mol. The minimum absolute atomic E-state index is 0.0628. The molecule has 1 aromatic carbocycles. The molecule has 1 aromatic heterocycles. The smallest absolute Gasteiger partial charge is 0.273 e. The van der Waals surface area contributed by atoms with E-state index in [9.17, 15) is 13.2 Å². The van der Waals surface area contributed by atoms with Crippen molar-refractivity contribution in [2.45, 2.75) is 16.3 Å². The van der Waals surface area contributed by atoms with Crippen LogP contribution in [0.2, 0.25) is 0 Å². The van der Waals surface area contributed by atoms with E-state index in [0.717, 1.165) is 10.8 Å². The van der Waals surface area contributed by atoms with Crippen LogP contribution in [-0.2, 0) is 16.4 Å². The molecule has 0 fully saturated rings. The predicted octanol–water partition coefficient (Wildman–Crippen LogP) is 1.92. The fraction of sp³-hybridized carbons (Fsp3) is 0.0769. The maximum Gasteiger partial charge on any atom is 0.273 e. The second-order valence-electron chi connectivity index (χ2n) is 3.98. The number of aromatic nitrogens is 2. The molecule has 1 heterocycles. The van der Waals surface area contributed by atoms with E-state index in [2.05, 4.69) is 11.6 Å². The zero-order valence-corrected chi connectivity index (χ0v) is 12.1. The van der Waals surface area contributed by atoms with Gasteiger partial charge >= 0.3 is 0 Å². The lowest BCUT2D eigenvalue weighted by Crippen LogP contribution is -2.27. The Kier molecular flexibility index (Phi) is 4.01. The van der Waals surface area contributed by atoms with Crippen LogP contribution in [0.3, 0.4) is 0 Å². The molecule has 0 aliphatic carbocycles. The number of nitrogens with one attached hydrogen (secondary N) is 1. The van der Waals surface area contributed by atoms with Crippen molar-refractivity contribution >= 4 is 22.1 Å². The number of aromatic amines is 1. The number of hydrogen-bond donors (Lipinski definition) is 1. The molecule has 0 unspecified atom stereocenters. The summed E-state index contributed by atoms with van der Waals surface area (Å²) in [6.45, 7) is 3.66. The van der Waals surface area contributed by atoms with Gasteiger partial charge in [-0.3, -0.25) is 9.36 Å². The van der Waals surface area contributed by atoms with Crippen molar-refractivity contribution in [3.8, 4) is 0 Å². The normalized spacial score (nSPS) is 11.2. The summed E-state index contributed by atoms with van der Waals surface area (Å²) in [6, 6.07) is 7.77. The highest BCUT2D eigenvalue weighted by atomic mass is 32.2. The van der Waals surface area contributed by atoms with Gasteiger partial charge in [0.25, 0.3) is 5.56 Å². The monoisotopic (exact) mass is 308 g/mol. The third-order valence-electron chi connectivity index (χ3n) is 2.68. The summed E-state index contributed by atoms with van der Waals surface area (Å²) in [5.41, 5.74) is -0.655. The van der Waals surface area contributed by atoms with Crippen LogP contribution in [0.4, 0.5) is 0 Å². The summed E-state index contributed by atoms with van der Waals surface area (Å²) in [6.07, 6.45) is 2.61. The maximum absolute atomic E-state index is 12.4. The van der Waals surface area contributed by atoms with Gasteiger partial charge in [0.15, 0.2) is 9.67 Å². The molecule has 0 bridgehead atoms. The highest BCUT2D eigenvalue weighted by Gasteiger charge is 2.22. The van der Waals surface area contributed by atoms with Crippen molar-refractivity contribution in [1.82, 2.24) is 9.55 Å². The molecule has 0 atom stereocenters. The van der Waals surface area contributed by atoms with Crippen molar-refractivity contribution in [1.29, 1.82) is 0 Å². The number of benzene rings is 1. The van der Waals surface area contributed by atoms with E-state index in [1.807, 2.05) is 0 Å². The Balaban J connectivity index is 2.72. The summed E-state index contributed by atoms with van der Waals surface area (Å²) in [4.78, 5) is 14.6. The van der Waals surface area contributed by atoms with Crippen molar-refractivity contribution < 1.29 is 8.42 Å². The quantitative estimate of drug-likeness (QED) is 0.692. The molecule has 1 N–H and O–H groups in total. The zero-order valence-electron chi connectivity index (χ0n) is 10.4. The van der Waals surface area contributed by atoms with E-state index in [1.165, 1.54) is 18.2 Å². The summed E-state index contributed by atoms with van der Waals surface area (Å²) in [5, 5.41) is 0. The second-order valence-corrected chi connectivity index (χ2v) is 6.28. The molecule has 0 saturated heterocycles. The maximum atomic E-state index is 12.4. The van der Waals surface area contributed by atoms with Crippen LogP contribution in [0, 0.1) is 4.77 Å². The molecule has 7 heteroatoms. The topological polar surface area (TPSA) is 71.9 Å². The fourth-order valence-corrected chi connectivity index (χ4v) is 3.25. The highest BCUT2D eigenvalue weighted by Crippen LogP contribution is 2.16. The largest absolute Gasteiger partial charge is 0.337 e. The van der Waals surface area contributed by atoms with Gasteiger partial charge in [-0.05, 0) is 24.4 Å². The van der Waals surface area contributed by atoms with E-state index in [1.54, 1.807) is 18.2 Å². The average molecular weight is 308 g/mol. The summed E-state index contributed by atoms with van der Waals surface area (Å²) in [7, 11) is -3.87. The molecule has 0 radical (unpaired) electrons. The van der Waals surface area contributed by atoms with Crippen molar-refractivity contribution in [2.24, 2.45) is 0 Å². The SMILES string of the molecule is C=CCn1c(=S)[nH]cc(S(=O)(=O)c2ccccc2)c1=O. The Morgan fingerprint density at radius 3 is 2.55 bits per heavy atom. The first kappa shape index (κ1) is 14.4. The van der Waals surface area contributed by atoms with Crippen LogP contribution >= 0.6 is 12.2 Å². The standard InChI is InChI=1S/C13H12N2O3S2/c1-2-8-15-12(16)11(9-14-13(15)19)20(17,18)10-6-4-3-5-7-10/h2-7,9H,1,8H2,(H,14,19). The lowest BCUT2D eigenvalue weighted by molar-refractivity contribution is 0.590. The Hall–Kier alpha value is -1.99. The first-order valence-electron chi connectivity index (χ1n) is 5.72.